The molecule has 2 N–H and O–H groups in total. The zero-order valence-electron chi connectivity index (χ0n) is 11.6. The number of nitrogens with one attached hydrogen (secondary N) is 1. The molecule has 1 saturated carbocycles. The largest absolute Gasteiger partial charge is 0.481 e. The third-order valence-corrected chi connectivity index (χ3v) is 4.49. The van der Waals surface area contributed by atoms with Gasteiger partial charge < -0.3 is 10.4 Å². The fourth-order valence-corrected chi connectivity index (χ4v) is 3.15. The van der Waals surface area contributed by atoms with Crippen molar-refractivity contribution in [1.82, 2.24) is 10.2 Å². The van der Waals surface area contributed by atoms with E-state index < -0.39 is 5.97 Å². The molecule has 0 aromatic carbocycles. The molecule has 0 aromatic rings. The van der Waals surface area contributed by atoms with Crippen molar-refractivity contribution in [2.75, 3.05) is 19.6 Å². The van der Waals surface area contributed by atoms with Crippen LogP contribution in [0.4, 0.5) is 0 Å². The van der Waals surface area contributed by atoms with Gasteiger partial charge in [-0.05, 0) is 52.1 Å². The van der Waals surface area contributed by atoms with Gasteiger partial charge in [0.25, 0.3) is 0 Å². The average molecular weight is 268 g/mol. The van der Waals surface area contributed by atoms with Crippen molar-refractivity contribution in [2.45, 2.75) is 45.1 Å². The van der Waals surface area contributed by atoms with E-state index in [4.69, 9.17) is 5.11 Å². The minimum Gasteiger partial charge on any atom is -0.481 e. The summed E-state index contributed by atoms with van der Waals surface area (Å²) in [6.45, 7) is 5.07. The molecule has 1 saturated heterocycles. The maximum atomic E-state index is 12.0. The van der Waals surface area contributed by atoms with Gasteiger partial charge in [-0.25, -0.2) is 0 Å². The molecular formula is C14H24N2O3. The van der Waals surface area contributed by atoms with Crippen LogP contribution >= 0.6 is 0 Å². The summed E-state index contributed by atoms with van der Waals surface area (Å²) >= 11 is 0. The van der Waals surface area contributed by atoms with Gasteiger partial charge in [-0.15, -0.1) is 0 Å². The third-order valence-electron chi connectivity index (χ3n) is 4.49. The summed E-state index contributed by atoms with van der Waals surface area (Å²) in [6, 6.07) is 0.378. The summed E-state index contributed by atoms with van der Waals surface area (Å²) in [5.41, 5.74) is 0. The van der Waals surface area contributed by atoms with E-state index in [2.05, 4.69) is 17.1 Å². The van der Waals surface area contributed by atoms with Gasteiger partial charge in [0.05, 0.1) is 5.92 Å². The zero-order valence-corrected chi connectivity index (χ0v) is 11.6. The lowest BCUT2D eigenvalue weighted by atomic mass is 10.0. The predicted octanol–water partition coefficient (Wildman–Crippen LogP) is 1.09. The number of aliphatic carboxylic acids is 1. The Bertz CT molecular complexity index is 340. The normalized spacial score (nSPS) is 29.3. The van der Waals surface area contributed by atoms with Gasteiger partial charge in [0, 0.05) is 18.5 Å². The molecular weight excluding hydrogens is 244 g/mol. The van der Waals surface area contributed by atoms with Gasteiger partial charge >= 0.3 is 5.97 Å². The molecule has 3 atom stereocenters. The number of carboxylic acids is 1. The minimum atomic E-state index is -0.763. The highest BCUT2D eigenvalue weighted by atomic mass is 16.4. The van der Waals surface area contributed by atoms with Crippen LogP contribution in [0.5, 0.6) is 0 Å². The Labute approximate surface area is 114 Å². The number of carboxylic acid groups (broad SMARTS) is 1. The molecule has 0 radical (unpaired) electrons. The van der Waals surface area contributed by atoms with Crippen molar-refractivity contribution in [1.29, 1.82) is 0 Å². The van der Waals surface area contributed by atoms with Crippen LogP contribution in [-0.4, -0.2) is 47.6 Å². The van der Waals surface area contributed by atoms with Crippen LogP contribution in [0.1, 0.15) is 39.0 Å². The molecule has 0 aromatic heterocycles. The number of nitrogens with zero attached hydrogens (tertiary/aromatic N) is 1. The van der Waals surface area contributed by atoms with E-state index in [0.717, 1.165) is 13.1 Å². The van der Waals surface area contributed by atoms with E-state index in [0.29, 0.717) is 31.8 Å². The van der Waals surface area contributed by atoms with Crippen molar-refractivity contribution in [3.63, 3.8) is 0 Å². The van der Waals surface area contributed by atoms with Crippen molar-refractivity contribution in [3.8, 4) is 0 Å². The Morgan fingerprint density at radius 1 is 1.26 bits per heavy atom. The molecule has 2 rings (SSSR count). The van der Waals surface area contributed by atoms with Gasteiger partial charge in [-0.1, -0.05) is 0 Å². The summed E-state index contributed by atoms with van der Waals surface area (Å²) < 4.78 is 0. The number of amides is 1. The fraction of sp³-hybridized carbons (Fsp3) is 0.857. The predicted molar refractivity (Wildman–Crippen MR) is 71.7 cm³/mol. The SMILES string of the molecule is CC(CNC(=O)[C@@H]1CC[C@H](C(=O)O)C1)N1CCCC1. The first-order chi connectivity index (χ1) is 9.08. The maximum Gasteiger partial charge on any atom is 0.306 e. The first-order valence-corrected chi connectivity index (χ1v) is 7.32. The van der Waals surface area contributed by atoms with Gasteiger partial charge in [0.1, 0.15) is 0 Å². The quantitative estimate of drug-likeness (QED) is 0.783. The van der Waals surface area contributed by atoms with Crippen LogP contribution in [0.25, 0.3) is 0 Å². The van der Waals surface area contributed by atoms with Crippen LogP contribution in [0.15, 0.2) is 0 Å². The number of likely N-dealkylation sites (tertiary alicyclic amines) is 1. The van der Waals surface area contributed by atoms with Crippen LogP contribution in [0.2, 0.25) is 0 Å². The highest BCUT2D eigenvalue weighted by molar-refractivity contribution is 5.80. The smallest absolute Gasteiger partial charge is 0.306 e. The van der Waals surface area contributed by atoms with Crippen LogP contribution in [0.3, 0.4) is 0 Å². The van der Waals surface area contributed by atoms with Crippen LogP contribution in [0, 0.1) is 11.8 Å². The van der Waals surface area contributed by atoms with E-state index in [1.807, 2.05) is 0 Å². The van der Waals surface area contributed by atoms with Crippen LogP contribution < -0.4 is 5.32 Å². The second kappa shape index (κ2) is 6.37. The minimum absolute atomic E-state index is 0.0368. The molecule has 2 fully saturated rings. The monoisotopic (exact) mass is 268 g/mol. The third kappa shape index (κ3) is 3.69. The van der Waals surface area contributed by atoms with E-state index in [1.165, 1.54) is 12.8 Å². The van der Waals surface area contributed by atoms with E-state index in [1.54, 1.807) is 0 Å². The fourth-order valence-electron chi connectivity index (χ4n) is 3.15. The molecule has 19 heavy (non-hydrogen) atoms. The van der Waals surface area contributed by atoms with Crippen LogP contribution in [-0.2, 0) is 9.59 Å². The maximum absolute atomic E-state index is 12.0. The summed E-state index contributed by atoms with van der Waals surface area (Å²) in [6.07, 6.45) is 4.34. The molecule has 1 aliphatic heterocycles. The second-order valence-electron chi connectivity index (χ2n) is 5.88. The first kappa shape index (κ1) is 14.3. The molecule has 1 amide bonds. The summed E-state index contributed by atoms with van der Waals surface area (Å²) in [7, 11) is 0. The van der Waals surface area contributed by atoms with E-state index in [-0.39, 0.29) is 17.7 Å². The molecule has 1 aliphatic carbocycles. The summed E-state index contributed by atoms with van der Waals surface area (Å²) in [5.74, 6) is -1.16. The second-order valence-corrected chi connectivity index (χ2v) is 5.88. The highest BCUT2D eigenvalue weighted by Gasteiger charge is 2.33. The van der Waals surface area contributed by atoms with Crippen molar-refractivity contribution < 1.29 is 14.7 Å². The average Bonchev–Trinajstić information content (AvgIpc) is 3.05. The molecule has 1 heterocycles. The summed E-state index contributed by atoms with van der Waals surface area (Å²) in [5, 5.41) is 11.9. The number of carbonyl (C=O) groups excluding carboxylic acids is 1. The van der Waals surface area contributed by atoms with E-state index in [9.17, 15) is 9.59 Å². The van der Waals surface area contributed by atoms with Crippen molar-refractivity contribution >= 4 is 11.9 Å². The molecule has 2 aliphatic rings. The Morgan fingerprint density at radius 2 is 1.89 bits per heavy atom. The molecule has 0 bridgehead atoms. The lowest BCUT2D eigenvalue weighted by Gasteiger charge is -2.24. The van der Waals surface area contributed by atoms with Gasteiger partial charge in [0.15, 0.2) is 0 Å². The standard InChI is InChI=1S/C14H24N2O3/c1-10(16-6-2-3-7-16)9-15-13(17)11-4-5-12(8-11)14(18)19/h10-12H,2-9H2,1H3,(H,15,17)(H,18,19)/t10?,11-,12+/m1/s1. The van der Waals surface area contributed by atoms with Gasteiger partial charge in [0.2, 0.25) is 5.91 Å². The molecule has 108 valence electrons. The number of carbonyl (C=O) groups is 2. The van der Waals surface area contributed by atoms with E-state index >= 15 is 0 Å². The molecule has 1 unspecified atom stereocenters. The topological polar surface area (TPSA) is 69.6 Å². The van der Waals surface area contributed by atoms with Crippen molar-refractivity contribution in [2.24, 2.45) is 11.8 Å². The number of hydrogen-bond acceptors (Lipinski definition) is 3. The number of hydrogen-bond donors (Lipinski definition) is 2. The lowest BCUT2D eigenvalue weighted by Crippen LogP contribution is -2.42. The van der Waals surface area contributed by atoms with Crippen molar-refractivity contribution in [3.05, 3.63) is 0 Å². The molecule has 5 heteroatoms. The van der Waals surface area contributed by atoms with Gasteiger partial charge in [-0.3, -0.25) is 14.5 Å². The highest BCUT2D eigenvalue weighted by Crippen LogP contribution is 2.31. The lowest BCUT2D eigenvalue weighted by molar-refractivity contribution is -0.141. The number of rotatable bonds is 5. The van der Waals surface area contributed by atoms with Gasteiger partial charge in [-0.2, -0.15) is 0 Å². The summed E-state index contributed by atoms with van der Waals surface area (Å²) in [4.78, 5) is 25.3. The Morgan fingerprint density at radius 3 is 2.47 bits per heavy atom. The molecule has 5 nitrogen and oxygen atoms in total. The Hall–Kier alpha value is -1.10. The Balaban J connectivity index is 1.71. The zero-order chi connectivity index (χ0) is 13.8. The molecule has 0 spiro atoms. The first-order valence-electron chi connectivity index (χ1n) is 7.32. The Kier molecular flexibility index (Phi) is 4.80.